The molecule has 1 fully saturated rings. The van der Waals surface area contributed by atoms with E-state index in [1.54, 1.807) is 24.3 Å². The number of fused-ring (bicyclic) bond motifs is 1. The molecule has 0 aliphatic carbocycles. The minimum atomic E-state index is -0.474. The number of carbonyl (C=O) groups is 1. The van der Waals surface area contributed by atoms with Gasteiger partial charge in [-0.25, -0.2) is 4.79 Å². The Labute approximate surface area is 133 Å². The van der Waals surface area contributed by atoms with Gasteiger partial charge in [0.15, 0.2) is 0 Å². The first kappa shape index (κ1) is 15.5. The van der Waals surface area contributed by atoms with Gasteiger partial charge in [-0.2, -0.15) is 0 Å². The predicted octanol–water partition coefficient (Wildman–Crippen LogP) is 2.19. The maximum Gasteiger partial charge on any atom is 0.339 e. The van der Waals surface area contributed by atoms with E-state index in [0.717, 1.165) is 5.39 Å². The Hall–Kier alpha value is -2.40. The Morgan fingerprint density at radius 1 is 1.30 bits per heavy atom. The molecule has 1 N–H and O–H groups in total. The number of ether oxygens (including phenoxy) is 1. The molecule has 1 aromatic heterocycles. The Morgan fingerprint density at radius 3 is 2.78 bits per heavy atom. The van der Waals surface area contributed by atoms with Gasteiger partial charge in [0.25, 0.3) is 0 Å². The van der Waals surface area contributed by atoms with E-state index in [0.29, 0.717) is 37.2 Å². The highest BCUT2D eigenvalue weighted by molar-refractivity contribution is 5.82. The fourth-order valence-electron chi connectivity index (χ4n) is 2.84. The lowest BCUT2D eigenvalue weighted by atomic mass is 9.90. The molecule has 1 amide bonds. The van der Waals surface area contributed by atoms with E-state index >= 15 is 0 Å². The number of amides is 1. The van der Waals surface area contributed by atoms with Crippen molar-refractivity contribution in [3.63, 3.8) is 0 Å². The summed E-state index contributed by atoms with van der Waals surface area (Å²) in [5, 5.41) is 3.79. The second-order valence-corrected chi connectivity index (χ2v) is 5.79. The molecule has 2 heterocycles. The summed E-state index contributed by atoms with van der Waals surface area (Å²) in [4.78, 5) is 24.4. The quantitative estimate of drug-likeness (QED) is 0.694. The van der Waals surface area contributed by atoms with Crippen LogP contribution in [-0.4, -0.2) is 24.7 Å². The van der Waals surface area contributed by atoms with Gasteiger partial charge in [0, 0.05) is 24.2 Å². The van der Waals surface area contributed by atoms with Crippen LogP contribution in [0.3, 0.4) is 0 Å². The molecule has 5 nitrogen and oxygen atoms in total. The molecule has 5 heteroatoms. The first-order valence-electron chi connectivity index (χ1n) is 7.66. The van der Waals surface area contributed by atoms with Crippen LogP contribution in [0.5, 0.6) is 0 Å². The van der Waals surface area contributed by atoms with Crippen LogP contribution < -0.4 is 10.9 Å². The van der Waals surface area contributed by atoms with Gasteiger partial charge in [-0.3, -0.25) is 4.79 Å². The minimum Gasteiger partial charge on any atom is -0.423 e. The molecule has 0 bridgehead atoms. The molecule has 1 aliphatic rings. The highest BCUT2D eigenvalue weighted by Crippen LogP contribution is 2.22. The van der Waals surface area contributed by atoms with Gasteiger partial charge in [0.1, 0.15) is 5.58 Å². The molecule has 0 saturated carbocycles. The number of rotatable bonds is 4. The topological polar surface area (TPSA) is 68.5 Å². The maximum atomic E-state index is 12.4. The molecule has 1 aromatic carbocycles. The SMILES string of the molecule is C=CC1(NC(=O)Cc2cc3ccccc3oc2=O)CCOCC1. The lowest BCUT2D eigenvalue weighted by Gasteiger charge is -2.35. The first-order chi connectivity index (χ1) is 11.1. The lowest BCUT2D eigenvalue weighted by molar-refractivity contribution is -0.122. The van der Waals surface area contributed by atoms with Crippen LogP contribution in [0.1, 0.15) is 18.4 Å². The lowest BCUT2D eigenvalue weighted by Crippen LogP contribution is -2.51. The van der Waals surface area contributed by atoms with Gasteiger partial charge >= 0.3 is 5.63 Å². The third-order valence-corrected chi connectivity index (χ3v) is 4.23. The van der Waals surface area contributed by atoms with E-state index in [-0.39, 0.29) is 12.3 Å². The second-order valence-electron chi connectivity index (χ2n) is 5.79. The van der Waals surface area contributed by atoms with E-state index in [4.69, 9.17) is 9.15 Å². The number of nitrogens with one attached hydrogen (secondary N) is 1. The van der Waals surface area contributed by atoms with E-state index in [1.807, 2.05) is 12.1 Å². The molecule has 2 aromatic rings. The standard InChI is InChI=1S/C18H19NO4/c1-2-18(7-9-22-10-8-18)19-16(20)12-14-11-13-5-3-4-6-15(13)23-17(14)21/h2-6,11H,1,7-10,12H2,(H,19,20). The molecule has 0 radical (unpaired) electrons. The Morgan fingerprint density at radius 2 is 2.04 bits per heavy atom. The molecule has 0 unspecified atom stereocenters. The van der Waals surface area contributed by atoms with Crippen LogP contribution >= 0.6 is 0 Å². The second kappa shape index (κ2) is 6.38. The molecule has 0 spiro atoms. The summed E-state index contributed by atoms with van der Waals surface area (Å²) in [6.45, 7) is 5.00. The Balaban J connectivity index is 1.78. The fraction of sp³-hybridized carbons (Fsp3) is 0.333. The molecule has 1 saturated heterocycles. The van der Waals surface area contributed by atoms with E-state index < -0.39 is 11.2 Å². The van der Waals surface area contributed by atoms with Crippen LogP contribution in [0.2, 0.25) is 0 Å². The van der Waals surface area contributed by atoms with Crippen LogP contribution in [0.4, 0.5) is 0 Å². The summed E-state index contributed by atoms with van der Waals surface area (Å²) in [5.41, 5.74) is -0.0496. The number of para-hydroxylation sites is 1. The molecule has 3 rings (SSSR count). The smallest absolute Gasteiger partial charge is 0.339 e. The third-order valence-electron chi connectivity index (χ3n) is 4.23. The molecule has 120 valence electrons. The molecule has 23 heavy (non-hydrogen) atoms. The summed E-state index contributed by atoms with van der Waals surface area (Å²) in [7, 11) is 0. The largest absolute Gasteiger partial charge is 0.423 e. The van der Waals surface area contributed by atoms with Crippen LogP contribution in [0.15, 0.2) is 52.2 Å². The molecular weight excluding hydrogens is 294 g/mol. The van der Waals surface area contributed by atoms with Crippen LogP contribution in [0.25, 0.3) is 11.0 Å². The molecule has 0 atom stereocenters. The Bertz CT molecular complexity index is 787. The summed E-state index contributed by atoms with van der Waals surface area (Å²) in [6.07, 6.45) is 3.13. The van der Waals surface area contributed by atoms with E-state index in [9.17, 15) is 9.59 Å². The van der Waals surface area contributed by atoms with Gasteiger partial charge in [-0.05, 0) is 25.0 Å². The summed E-state index contributed by atoms with van der Waals surface area (Å²) in [5.74, 6) is -0.214. The minimum absolute atomic E-state index is 0.0103. The first-order valence-corrected chi connectivity index (χ1v) is 7.66. The number of hydrogen-bond donors (Lipinski definition) is 1. The van der Waals surface area contributed by atoms with Crippen molar-refractivity contribution in [1.82, 2.24) is 5.32 Å². The van der Waals surface area contributed by atoms with Crippen LogP contribution in [-0.2, 0) is 16.0 Å². The third kappa shape index (κ3) is 3.35. The van der Waals surface area contributed by atoms with Crippen molar-refractivity contribution in [3.05, 3.63) is 59.0 Å². The number of carbonyl (C=O) groups excluding carboxylic acids is 1. The zero-order valence-electron chi connectivity index (χ0n) is 12.8. The average molecular weight is 313 g/mol. The van der Waals surface area contributed by atoms with Gasteiger partial charge in [0.05, 0.1) is 12.0 Å². The summed E-state index contributed by atoms with van der Waals surface area (Å²) in [6, 6.07) is 8.96. The van der Waals surface area contributed by atoms with Gasteiger partial charge < -0.3 is 14.5 Å². The molecule has 1 aliphatic heterocycles. The maximum absolute atomic E-state index is 12.4. The van der Waals surface area contributed by atoms with Crippen molar-refractivity contribution in [2.24, 2.45) is 0 Å². The van der Waals surface area contributed by atoms with Crippen LogP contribution in [0, 0.1) is 0 Å². The van der Waals surface area contributed by atoms with Crippen molar-refractivity contribution in [2.75, 3.05) is 13.2 Å². The number of hydrogen-bond acceptors (Lipinski definition) is 4. The zero-order valence-corrected chi connectivity index (χ0v) is 12.8. The highest BCUT2D eigenvalue weighted by atomic mass is 16.5. The van der Waals surface area contributed by atoms with Crippen molar-refractivity contribution < 1.29 is 13.9 Å². The zero-order chi connectivity index (χ0) is 16.3. The molecular formula is C18H19NO4. The highest BCUT2D eigenvalue weighted by Gasteiger charge is 2.31. The van der Waals surface area contributed by atoms with E-state index in [2.05, 4.69) is 11.9 Å². The van der Waals surface area contributed by atoms with Crippen molar-refractivity contribution in [1.29, 1.82) is 0 Å². The fourth-order valence-corrected chi connectivity index (χ4v) is 2.84. The van der Waals surface area contributed by atoms with Crippen molar-refractivity contribution in [3.8, 4) is 0 Å². The summed E-state index contributed by atoms with van der Waals surface area (Å²) >= 11 is 0. The van der Waals surface area contributed by atoms with Gasteiger partial charge in [-0.15, -0.1) is 6.58 Å². The van der Waals surface area contributed by atoms with E-state index in [1.165, 1.54) is 0 Å². The van der Waals surface area contributed by atoms with Gasteiger partial charge in [-0.1, -0.05) is 24.3 Å². The summed E-state index contributed by atoms with van der Waals surface area (Å²) < 4.78 is 10.6. The van der Waals surface area contributed by atoms with Crippen molar-refractivity contribution >= 4 is 16.9 Å². The monoisotopic (exact) mass is 313 g/mol. The Kier molecular flexibility index (Phi) is 4.30. The van der Waals surface area contributed by atoms with Crippen molar-refractivity contribution in [2.45, 2.75) is 24.8 Å². The van der Waals surface area contributed by atoms with Gasteiger partial charge in [0.2, 0.25) is 5.91 Å². The predicted molar refractivity (Wildman–Crippen MR) is 87.3 cm³/mol. The number of benzene rings is 1. The normalized spacial score (nSPS) is 16.9. The average Bonchev–Trinajstić information content (AvgIpc) is 2.56.